The van der Waals surface area contributed by atoms with E-state index >= 15 is 0 Å². The number of halogens is 1. The van der Waals surface area contributed by atoms with E-state index in [-0.39, 0.29) is 17.8 Å². The molecular formula is C18H23FN4OS2. The predicted molar refractivity (Wildman–Crippen MR) is 104 cm³/mol. The average Bonchev–Trinajstić information content (AvgIpc) is 3.05. The zero-order valence-electron chi connectivity index (χ0n) is 14.9. The molecule has 0 saturated heterocycles. The van der Waals surface area contributed by atoms with E-state index in [1.165, 1.54) is 48.1 Å². The van der Waals surface area contributed by atoms with Gasteiger partial charge >= 0.3 is 0 Å². The summed E-state index contributed by atoms with van der Waals surface area (Å²) in [6.07, 6.45) is 3.48. The maximum absolute atomic E-state index is 13.2. The number of nitrogens with zero attached hydrogens (tertiary/aromatic N) is 2. The van der Waals surface area contributed by atoms with Crippen LogP contribution >= 0.6 is 23.1 Å². The van der Waals surface area contributed by atoms with Crippen LogP contribution in [0.4, 0.5) is 15.2 Å². The first-order chi connectivity index (χ1) is 12.5. The molecule has 0 spiro atoms. The molecule has 0 aliphatic heterocycles. The smallest absolute Gasteiger partial charge is 0.230 e. The second-order valence-electron chi connectivity index (χ2n) is 6.74. The number of amides is 1. The van der Waals surface area contributed by atoms with Crippen LogP contribution in [0.25, 0.3) is 0 Å². The van der Waals surface area contributed by atoms with Crippen molar-refractivity contribution in [2.45, 2.75) is 43.5 Å². The number of benzene rings is 1. The van der Waals surface area contributed by atoms with Gasteiger partial charge in [-0.15, -0.1) is 10.2 Å². The van der Waals surface area contributed by atoms with Gasteiger partial charge in [0.15, 0.2) is 4.34 Å². The van der Waals surface area contributed by atoms with Crippen LogP contribution in [0.5, 0.6) is 0 Å². The van der Waals surface area contributed by atoms with E-state index in [0.29, 0.717) is 32.7 Å². The fraction of sp³-hybridized carbons (Fsp3) is 0.500. The molecule has 0 unspecified atom stereocenters. The van der Waals surface area contributed by atoms with Crippen molar-refractivity contribution in [3.8, 4) is 0 Å². The van der Waals surface area contributed by atoms with Gasteiger partial charge in [-0.2, -0.15) is 0 Å². The van der Waals surface area contributed by atoms with E-state index in [2.05, 4.69) is 34.7 Å². The highest BCUT2D eigenvalue weighted by Crippen LogP contribution is 2.30. The Bertz CT molecular complexity index is 754. The number of carbonyl (C=O) groups excluding carboxylic acids is 1. The molecule has 140 valence electrons. The number of hydrogen-bond acceptors (Lipinski definition) is 6. The van der Waals surface area contributed by atoms with Crippen LogP contribution in [0.2, 0.25) is 0 Å². The minimum atomic E-state index is -0.308. The summed E-state index contributed by atoms with van der Waals surface area (Å²) in [6.45, 7) is 4.48. The molecule has 1 heterocycles. The lowest BCUT2D eigenvalue weighted by Crippen LogP contribution is -2.44. The normalized spacial score (nSPS) is 22.8. The summed E-state index contributed by atoms with van der Waals surface area (Å²) in [5.41, 5.74) is 0.621. The summed E-state index contributed by atoms with van der Waals surface area (Å²) in [7, 11) is 0. The molecule has 3 atom stereocenters. The van der Waals surface area contributed by atoms with Gasteiger partial charge in [-0.05, 0) is 36.5 Å². The molecule has 2 N–H and O–H groups in total. The molecule has 1 aromatic heterocycles. The van der Waals surface area contributed by atoms with E-state index in [1.54, 1.807) is 12.1 Å². The third-order valence-corrected chi connectivity index (χ3v) is 6.83. The lowest BCUT2D eigenvalue weighted by atomic mass is 9.78. The third kappa shape index (κ3) is 5.17. The van der Waals surface area contributed by atoms with Crippen molar-refractivity contribution in [1.29, 1.82) is 0 Å². The summed E-state index contributed by atoms with van der Waals surface area (Å²) in [5, 5.41) is 14.9. The van der Waals surface area contributed by atoms with Crippen LogP contribution < -0.4 is 10.6 Å². The van der Waals surface area contributed by atoms with Crippen LogP contribution in [0, 0.1) is 17.7 Å². The molecule has 5 nitrogen and oxygen atoms in total. The Labute approximate surface area is 161 Å². The van der Waals surface area contributed by atoms with Gasteiger partial charge in [0.2, 0.25) is 11.0 Å². The van der Waals surface area contributed by atoms with Crippen LogP contribution in [0.1, 0.15) is 33.1 Å². The number of thioether (sulfide) groups is 1. The van der Waals surface area contributed by atoms with Crippen molar-refractivity contribution in [1.82, 2.24) is 15.5 Å². The van der Waals surface area contributed by atoms with Crippen LogP contribution in [-0.2, 0) is 4.79 Å². The van der Waals surface area contributed by atoms with E-state index < -0.39 is 0 Å². The zero-order chi connectivity index (χ0) is 18.5. The van der Waals surface area contributed by atoms with Gasteiger partial charge in [-0.1, -0.05) is 55.9 Å². The van der Waals surface area contributed by atoms with Gasteiger partial charge in [0, 0.05) is 11.7 Å². The topological polar surface area (TPSA) is 66.9 Å². The molecule has 1 fully saturated rings. The first-order valence-corrected chi connectivity index (χ1v) is 10.6. The molecule has 8 heteroatoms. The van der Waals surface area contributed by atoms with Crippen molar-refractivity contribution in [3.05, 3.63) is 30.1 Å². The minimum Gasteiger partial charge on any atom is -0.352 e. The lowest BCUT2D eigenvalue weighted by Gasteiger charge is -2.34. The van der Waals surface area contributed by atoms with Crippen molar-refractivity contribution >= 4 is 39.8 Å². The Morgan fingerprint density at radius 3 is 3.00 bits per heavy atom. The standard InChI is InChI=1S/C18H23FN4OS2/c1-11-5-3-8-15(12(11)2)21-16(24)10-25-18-23-22-17(26-18)20-14-7-4-6-13(19)9-14/h4,6-7,9,11-12,15H,3,5,8,10H2,1-2H3,(H,20,22)(H,21,24)/t11-,12+,15-/m0/s1. The number of rotatable bonds is 6. The first-order valence-electron chi connectivity index (χ1n) is 8.79. The number of nitrogens with one attached hydrogen (secondary N) is 2. The SMILES string of the molecule is C[C@H]1[C@@H](NC(=O)CSc2nnc(Nc3cccc(F)c3)s2)CCC[C@@H]1C. The monoisotopic (exact) mass is 394 g/mol. The molecule has 26 heavy (non-hydrogen) atoms. The number of anilines is 2. The minimum absolute atomic E-state index is 0.0378. The van der Waals surface area contributed by atoms with Gasteiger partial charge in [-0.3, -0.25) is 4.79 Å². The van der Waals surface area contributed by atoms with Crippen molar-refractivity contribution in [2.24, 2.45) is 11.8 Å². The van der Waals surface area contributed by atoms with Crippen LogP contribution in [0.15, 0.2) is 28.6 Å². The maximum atomic E-state index is 13.2. The quantitative estimate of drug-likeness (QED) is 0.709. The van der Waals surface area contributed by atoms with E-state index in [0.717, 1.165) is 6.42 Å². The molecule has 1 saturated carbocycles. The highest BCUT2D eigenvalue weighted by Gasteiger charge is 2.28. The largest absolute Gasteiger partial charge is 0.352 e. The zero-order valence-corrected chi connectivity index (χ0v) is 16.5. The number of hydrogen-bond donors (Lipinski definition) is 2. The highest BCUT2D eigenvalue weighted by atomic mass is 32.2. The van der Waals surface area contributed by atoms with Gasteiger partial charge in [-0.25, -0.2) is 4.39 Å². The molecule has 1 amide bonds. The maximum Gasteiger partial charge on any atom is 0.230 e. The molecular weight excluding hydrogens is 371 g/mol. The molecule has 3 rings (SSSR count). The Morgan fingerprint density at radius 2 is 2.19 bits per heavy atom. The molecule has 1 aromatic carbocycles. The second kappa shape index (κ2) is 8.81. The summed E-state index contributed by atoms with van der Waals surface area (Å²) in [5.74, 6) is 1.22. The third-order valence-electron chi connectivity index (χ3n) is 4.86. The molecule has 0 bridgehead atoms. The Morgan fingerprint density at radius 1 is 1.35 bits per heavy atom. The molecule has 1 aliphatic rings. The summed E-state index contributed by atoms with van der Waals surface area (Å²) in [6, 6.07) is 6.45. The van der Waals surface area contributed by atoms with Crippen molar-refractivity contribution < 1.29 is 9.18 Å². The Kier molecular flexibility index (Phi) is 6.48. The van der Waals surface area contributed by atoms with Crippen LogP contribution in [0.3, 0.4) is 0 Å². The van der Waals surface area contributed by atoms with E-state index in [1.807, 2.05) is 0 Å². The highest BCUT2D eigenvalue weighted by molar-refractivity contribution is 8.01. The fourth-order valence-corrected chi connectivity index (χ4v) is 4.75. The average molecular weight is 395 g/mol. The Balaban J connectivity index is 1.47. The fourth-order valence-electron chi connectivity index (χ4n) is 3.17. The van der Waals surface area contributed by atoms with E-state index in [9.17, 15) is 9.18 Å². The van der Waals surface area contributed by atoms with E-state index in [4.69, 9.17) is 0 Å². The van der Waals surface area contributed by atoms with Gasteiger partial charge in [0.05, 0.1) is 5.75 Å². The first kappa shape index (κ1) is 19.1. The summed E-state index contributed by atoms with van der Waals surface area (Å²) < 4.78 is 13.9. The summed E-state index contributed by atoms with van der Waals surface area (Å²) >= 11 is 2.72. The van der Waals surface area contributed by atoms with Crippen molar-refractivity contribution in [3.63, 3.8) is 0 Å². The molecule has 2 aromatic rings. The molecule has 1 aliphatic carbocycles. The van der Waals surface area contributed by atoms with Gasteiger partial charge in [0.25, 0.3) is 0 Å². The van der Waals surface area contributed by atoms with Gasteiger partial charge in [0.1, 0.15) is 5.82 Å². The van der Waals surface area contributed by atoms with Gasteiger partial charge < -0.3 is 10.6 Å². The number of aromatic nitrogens is 2. The van der Waals surface area contributed by atoms with Crippen LogP contribution in [-0.4, -0.2) is 27.9 Å². The number of carbonyl (C=O) groups is 1. The predicted octanol–water partition coefficient (Wildman–Crippen LogP) is 4.45. The lowest BCUT2D eigenvalue weighted by molar-refractivity contribution is -0.119. The van der Waals surface area contributed by atoms with Crippen molar-refractivity contribution in [2.75, 3.05) is 11.1 Å². The summed E-state index contributed by atoms with van der Waals surface area (Å²) in [4.78, 5) is 12.2. The Hall–Kier alpha value is -1.67. The second-order valence-corrected chi connectivity index (χ2v) is 8.94. The molecule has 0 radical (unpaired) electrons.